The van der Waals surface area contributed by atoms with E-state index < -0.39 is 6.61 Å². The highest BCUT2D eigenvalue weighted by atomic mass is 32.1. The Kier molecular flexibility index (Phi) is 3.72. The van der Waals surface area contributed by atoms with Crippen molar-refractivity contribution in [2.24, 2.45) is 0 Å². The van der Waals surface area contributed by atoms with Gasteiger partial charge in [-0.3, -0.25) is 4.79 Å². The van der Waals surface area contributed by atoms with Crippen molar-refractivity contribution in [3.63, 3.8) is 0 Å². The van der Waals surface area contributed by atoms with E-state index in [1.54, 1.807) is 6.07 Å². The molecule has 0 spiro atoms. The van der Waals surface area contributed by atoms with Gasteiger partial charge < -0.3 is 4.74 Å². The minimum Gasteiger partial charge on any atom is -0.435 e. The maximum Gasteiger partial charge on any atom is 0.387 e. The summed E-state index contributed by atoms with van der Waals surface area (Å²) in [6.45, 7) is -0.989. The zero-order valence-corrected chi connectivity index (χ0v) is 10.3. The molecule has 0 saturated heterocycles. The lowest BCUT2D eigenvalue weighted by Gasteiger charge is -2.05. The molecule has 1 heterocycles. The third kappa shape index (κ3) is 2.73. The number of rotatable bonds is 4. The Morgan fingerprint density at radius 3 is 2.39 bits per heavy atom. The molecule has 0 radical (unpaired) electrons. The van der Waals surface area contributed by atoms with E-state index in [0.717, 1.165) is 4.88 Å². The first-order valence-corrected chi connectivity index (χ1v) is 6.09. The predicted octanol–water partition coefficient (Wildman–Crippen LogP) is 3.89. The lowest BCUT2D eigenvalue weighted by Crippen LogP contribution is -2.04. The zero-order chi connectivity index (χ0) is 13.1. The second-order valence-corrected chi connectivity index (χ2v) is 4.74. The number of alkyl halides is 2. The second-order valence-electron chi connectivity index (χ2n) is 3.62. The summed E-state index contributed by atoms with van der Waals surface area (Å²) in [6.07, 6.45) is 0. The van der Waals surface area contributed by atoms with Crippen LogP contribution in [0.3, 0.4) is 0 Å². The molecule has 0 atom stereocenters. The molecule has 5 heteroatoms. The van der Waals surface area contributed by atoms with Crippen molar-refractivity contribution < 1.29 is 18.3 Å². The van der Waals surface area contributed by atoms with Gasteiger partial charge in [0.1, 0.15) is 5.75 Å². The average molecular weight is 268 g/mol. The summed E-state index contributed by atoms with van der Waals surface area (Å²) in [5.74, 6) is -0.0686. The second kappa shape index (κ2) is 5.27. The molecule has 2 nitrogen and oxygen atoms in total. The summed E-state index contributed by atoms with van der Waals surface area (Å²) in [5, 5.41) is 1.84. The molecule has 0 fully saturated rings. The summed E-state index contributed by atoms with van der Waals surface area (Å²) in [7, 11) is 0. The first kappa shape index (κ1) is 12.7. The molecule has 0 bridgehead atoms. The lowest BCUT2D eigenvalue weighted by atomic mass is 10.0. The topological polar surface area (TPSA) is 26.3 Å². The zero-order valence-electron chi connectivity index (χ0n) is 9.52. The predicted molar refractivity (Wildman–Crippen MR) is 65.6 cm³/mol. The highest BCUT2D eigenvalue weighted by Crippen LogP contribution is 2.21. The number of hydrogen-bond acceptors (Lipinski definition) is 3. The van der Waals surface area contributed by atoms with Crippen LogP contribution in [-0.2, 0) is 0 Å². The minimum atomic E-state index is -2.86. The third-order valence-electron chi connectivity index (χ3n) is 2.45. The molecule has 2 aromatic rings. The fraction of sp³-hybridized carbons (Fsp3) is 0.154. The molecular formula is C13H10F2O2S. The van der Waals surface area contributed by atoms with Crippen LogP contribution in [-0.4, -0.2) is 12.4 Å². The van der Waals surface area contributed by atoms with Crippen molar-refractivity contribution in [3.8, 4) is 5.75 Å². The van der Waals surface area contributed by atoms with Gasteiger partial charge in [0.05, 0.1) is 0 Å². The molecule has 0 aliphatic carbocycles. The van der Waals surface area contributed by atoms with Crippen molar-refractivity contribution in [3.05, 3.63) is 51.7 Å². The van der Waals surface area contributed by atoms with Gasteiger partial charge in [-0.2, -0.15) is 8.78 Å². The number of ketones is 1. The first-order valence-electron chi connectivity index (χ1n) is 5.21. The molecular weight excluding hydrogens is 258 g/mol. The molecule has 0 aliphatic heterocycles. The maximum atomic E-state index is 12.1. The minimum absolute atomic E-state index is 0.0450. The van der Waals surface area contributed by atoms with Crippen LogP contribution in [0.5, 0.6) is 5.75 Å². The van der Waals surface area contributed by atoms with Crippen molar-refractivity contribution in [1.29, 1.82) is 0 Å². The fourth-order valence-corrected chi connectivity index (χ4v) is 2.26. The Morgan fingerprint density at radius 1 is 1.22 bits per heavy atom. The summed E-state index contributed by atoms with van der Waals surface area (Å²) >= 11 is 1.49. The summed E-state index contributed by atoms with van der Waals surface area (Å²) in [5.41, 5.74) is 1.10. The van der Waals surface area contributed by atoms with Crippen LogP contribution < -0.4 is 4.74 Å². The number of aryl methyl sites for hydroxylation is 1. The van der Waals surface area contributed by atoms with Gasteiger partial charge in [-0.1, -0.05) is 0 Å². The molecule has 0 unspecified atom stereocenters. The molecule has 2 rings (SSSR count). The van der Waals surface area contributed by atoms with Gasteiger partial charge in [-0.15, -0.1) is 11.3 Å². The number of ether oxygens (including phenoxy) is 1. The quantitative estimate of drug-likeness (QED) is 0.786. The van der Waals surface area contributed by atoms with E-state index >= 15 is 0 Å². The highest BCUT2D eigenvalue weighted by Gasteiger charge is 2.13. The van der Waals surface area contributed by atoms with Crippen LogP contribution in [0.25, 0.3) is 0 Å². The van der Waals surface area contributed by atoms with Gasteiger partial charge in [-0.25, -0.2) is 0 Å². The van der Waals surface area contributed by atoms with E-state index in [2.05, 4.69) is 4.74 Å². The number of hydrogen-bond donors (Lipinski definition) is 0. The molecule has 0 aliphatic rings. The van der Waals surface area contributed by atoms with E-state index in [1.165, 1.54) is 35.6 Å². The van der Waals surface area contributed by atoms with Gasteiger partial charge in [-0.05, 0) is 42.6 Å². The largest absolute Gasteiger partial charge is 0.435 e. The Hall–Kier alpha value is -1.75. The van der Waals surface area contributed by atoms with Crippen LogP contribution >= 0.6 is 11.3 Å². The van der Waals surface area contributed by atoms with Crippen molar-refractivity contribution in [2.75, 3.05) is 0 Å². The number of thiophene rings is 1. The standard InChI is InChI=1S/C13H10F2O2S/c1-8-11(6-7-18-8)12(16)9-2-4-10(5-3-9)17-13(14)15/h2-7,13H,1H3. The van der Waals surface area contributed by atoms with E-state index in [1.807, 2.05) is 12.3 Å². The van der Waals surface area contributed by atoms with Gasteiger partial charge >= 0.3 is 6.61 Å². The fourth-order valence-electron chi connectivity index (χ4n) is 1.56. The van der Waals surface area contributed by atoms with Crippen LogP contribution in [0.1, 0.15) is 20.8 Å². The number of carbonyl (C=O) groups is 1. The summed E-state index contributed by atoms with van der Waals surface area (Å²) in [4.78, 5) is 13.0. The highest BCUT2D eigenvalue weighted by molar-refractivity contribution is 7.10. The SMILES string of the molecule is Cc1sccc1C(=O)c1ccc(OC(F)F)cc1. The van der Waals surface area contributed by atoms with E-state index in [9.17, 15) is 13.6 Å². The van der Waals surface area contributed by atoms with Crippen LogP contribution in [0.15, 0.2) is 35.7 Å². The van der Waals surface area contributed by atoms with Gasteiger partial charge in [0.2, 0.25) is 0 Å². The number of carbonyl (C=O) groups excluding carboxylic acids is 1. The maximum absolute atomic E-state index is 12.1. The van der Waals surface area contributed by atoms with Crippen molar-refractivity contribution in [2.45, 2.75) is 13.5 Å². The van der Waals surface area contributed by atoms with Gasteiger partial charge in [0.25, 0.3) is 0 Å². The Labute approximate surface area is 107 Å². The van der Waals surface area contributed by atoms with Crippen molar-refractivity contribution >= 4 is 17.1 Å². The van der Waals surface area contributed by atoms with Crippen molar-refractivity contribution in [1.82, 2.24) is 0 Å². The molecule has 1 aromatic heterocycles. The Bertz CT molecular complexity index is 546. The molecule has 0 N–H and O–H groups in total. The molecule has 0 saturated carbocycles. The third-order valence-corrected chi connectivity index (χ3v) is 3.29. The van der Waals surface area contributed by atoms with Crippen LogP contribution in [0, 0.1) is 6.92 Å². The van der Waals surface area contributed by atoms with Crippen LogP contribution in [0.4, 0.5) is 8.78 Å². The average Bonchev–Trinajstić information content (AvgIpc) is 2.75. The molecule has 18 heavy (non-hydrogen) atoms. The Balaban J connectivity index is 2.20. The Morgan fingerprint density at radius 2 is 1.89 bits per heavy atom. The van der Waals surface area contributed by atoms with Gasteiger partial charge in [0.15, 0.2) is 5.78 Å². The number of halogens is 2. The molecule has 0 amide bonds. The van der Waals surface area contributed by atoms with Gasteiger partial charge in [0, 0.05) is 16.0 Å². The normalized spacial score (nSPS) is 10.7. The monoisotopic (exact) mass is 268 g/mol. The first-order chi connectivity index (χ1) is 8.58. The summed E-state index contributed by atoms with van der Waals surface area (Å²) in [6, 6.07) is 7.45. The smallest absolute Gasteiger partial charge is 0.387 e. The van der Waals surface area contributed by atoms with E-state index in [-0.39, 0.29) is 11.5 Å². The van der Waals surface area contributed by atoms with E-state index in [4.69, 9.17) is 0 Å². The van der Waals surface area contributed by atoms with Crippen LogP contribution in [0.2, 0.25) is 0 Å². The molecule has 1 aromatic carbocycles. The molecule has 94 valence electrons. The lowest BCUT2D eigenvalue weighted by molar-refractivity contribution is -0.0498. The van der Waals surface area contributed by atoms with E-state index in [0.29, 0.717) is 11.1 Å². The summed E-state index contributed by atoms with van der Waals surface area (Å²) < 4.78 is 28.2. The number of benzene rings is 1.